The van der Waals surface area contributed by atoms with Crippen molar-refractivity contribution in [3.63, 3.8) is 0 Å². The number of nitrogens with one attached hydrogen (secondary N) is 2. The zero-order valence-corrected chi connectivity index (χ0v) is 12.3. The molecular formula is C14H18N6O. The van der Waals surface area contributed by atoms with E-state index < -0.39 is 0 Å². The number of rotatable bonds is 5. The first kappa shape index (κ1) is 14.8. The molecule has 0 saturated carbocycles. The van der Waals surface area contributed by atoms with Crippen LogP contribution in [0.1, 0.15) is 43.0 Å². The number of hydrogen-bond acceptors (Lipinski definition) is 6. The van der Waals surface area contributed by atoms with E-state index in [1.807, 2.05) is 20.8 Å². The van der Waals surface area contributed by atoms with Gasteiger partial charge in [0.05, 0.1) is 18.1 Å². The van der Waals surface area contributed by atoms with Gasteiger partial charge in [-0.15, -0.1) is 0 Å². The van der Waals surface area contributed by atoms with Gasteiger partial charge in [-0.1, -0.05) is 13.8 Å². The van der Waals surface area contributed by atoms with Crippen LogP contribution < -0.4 is 10.6 Å². The Morgan fingerprint density at radius 2 is 2.05 bits per heavy atom. The molecule has 0 aliphatic rings. The Kier molecular flexibility index (Phi) is 4.76. The van der Waals surface area contributed by atoms with Gasteiger partial charge in [0.1, 0.15) is 5.82 Å². The van der Waals surface area contributed by atoms with E-state index in [1.54, 1.807) is 12.4 Å². The van der Waals surface area contributed by atoms with E-state index in [0.717, 1.165) is 0 Å². The average Bonchev–Trinajstić information content (AvgIpc) is 2.48. The maximum Gasteiger partial charge on any atom is 0.277 e. The van der Waals surface area contributed by atoms with E-state index in [2.05, 4.69) is 30.6 Å². The van der Waals surface area contributed by atoms with Crippen molar-refractivity contribution in [3.05, 3.63) is 36.3 Å². The van der Waals surface area contributed by atoms with Crippen molar-refractivity contribution in [2.75, 3.05) is 17.2 Å². The summed E-state index contributed by atoms with van der Waals surface area (Å²) in [5.74, 6) is 0.815. The average molecular weight is 286 g/mol. The standard InChI is InChI=1S/C14H18N6O/c1-4-16-10-7-18-13(9(2)3)20-12(10)14(21)19-11-8-15-5-6-17-11/h5-9,16H,4H2,1-3H3,(H,17,19,21). The molecule has 2 N–H and O–H groups in total. The maximum absolute atomic E-state index is 12.4. The lowest BCUT2D eigenvalue weighted by atomic mass is 10.2. The highest BCUT2D eigenvalue weighted by atomic mass is 16.2. The van der Waals surface area contributed by atoms with Gasteiger partial charge in [-0.05, 0) is 6.92 Å². The first-order valence-corrected chi connectivity index (χ1v) is 6.80. The van der Waals surface area contributed by atoms with Crippen molar-refractivity contribution in [2.24, 2.45) is 0 Å². The third kappa shape index (κ3) is 3.71. The molecule has 0 aliphatic carbocycles. The fraction of sp³-hybridized carbons (Fsp3) is 0.357. The van der Waals surface area contributed by atoms with Crippen molar-refractivity contribution < 1.29 is 4.79 Å². The first-order valence-electron chi connectivity index (χ1n) is 6.80. The molecule has 2 rings (SSSR count). The molecule has 1 amide bonds. The monoisotopic (exact) mass is 286 g/mol. The molecule has 7 nitrogen and oxygen atoms in total. The molecule has 7 heteroatoms. The summed E-state index contributed by atoms with van der Waals surface area (Å²) in [5, 5.41) is 5.77. The minimum Gasteiger partial charge on any atom is -0.382 e. The van der Waals surface area contributed by atoms with E-state index in [1.165, 1.54) is 12.4 Å². The smallest absolute Gasteiger partial charge is 0.277 e. The molecule has 0 aliphatic heterocycles. The summed E-state index contributed by atoms with van der Waals surface area (Å²) in [5.41, 5.74) is 0.907. The SMILES string of the molecule is CCNc1cnc(C(C)C)nc1C(=O)Nc1cnccn1. The van der Waals surface area contributed by atoms with Crippen LogP contribution in [-0.4, -0.2) is 32.4 Å². The maximum atomic E-state index is 12.4. The fourth-order valence-corrected chi connectivity index (χ4v) is 1.71. The van der Waals surface area contributed by atoms with Gasteiger partial charge in [-0.2, -0.15) is 0 Å². The Bertz CT molecular complexity index is 614. The lowest BCUT2D eigenvalue weighted by Gasteiger charge is -2.12. The van der Waals surface area contributed by atoms with Crippen molar-refractivity contribution in [1.29, 1.82) is 0 Å². The molecule has 2 heterocycles. The van der Waals surface area contributed by atoms with Crippen LogP contribution in [0.4, 0.5) is 11.5 Å². The van der Waals surface area contributed by atoms with Crippen LogP contribution in [0.3, 0.4) is 0 Å². The van der Waals surface area contributed by atoms with E-state index >= 15 is 0 Å². The fourth-order valence-electron chi connectivity index (χ4n) is 1.71. The summed E-state index contributed by atoms with van der Waals surface area (Å²) in [4.78, 5) is 28.9. The summed E-state index contributed by atoms with van der Waals surface area (Å²) >= 11 is 0. The minimum atomic E-state index is -0.337. The second kappa shape index (κ2) is 6.74. The third-order valence-corrected chi connectivity index (χ3v) is 2.71. The first-order chi connectivity index (χ1) is 10.1. The number of hydrogen-bond donors (Lipinski definition) is 2. The highest BCUT2D eigenvalue weighted by Crippen LogP contribution is 2.17. The molecule has 2 aromatic heterocycles. The summed E-state index contributed by atoms with van der Waals surface area (Å²) < 4.78 is 0. The number of carbonyl (C=O) groups is 1. The van der Waals surface area contributed by atoms with Crippen LogP contribution in [0.5, 0.6) is 0 Å². The number of nitrogens with zero attached hydrogens (tertiary/aromatic N) is 4. The Labute approximate surface area is 123 Å². The molecule has 0 bridgehead atoms. The van der Waals surface area contributed by atoms with Gasteiger partial charge in [-0.25, -0.2) is 15.0 Å². The summed E-state index contributed by atoms with van der Waals surface area (Å²) in [6.45, 7) is 6.58. The van der Waals surface area contributed by atoms with Crippen LogP contribution in [0, 0.1) is 0 Å². The molecule has 21 heavy (non-hydrogen) atoms. The van der Waals surface area contributed by atoms with Gasteiger partial charge in [-0.3, -0.25) is 9.78 Å². The Morgan fingerprint density at radius 1 is 1.24 bits per heavy atom. The molecule has 0 saturated heterocycles. The molecule has 0 aromatic carbocycles. The second-order valence-electron chi connectivity index (χ2n) is 4.72. The van der Waals surface area contributed by atoms with Crippen molar-refractivity contribution in [1.82, 2.24) is 19.9 Å². The van der Waals surface area contributed by atoms with Crippen molar-refractivity contribution >= 4 is 17.4 Å². The Balaban J connectivity index is 2.30. The van der Waals surface area contributed by atoms with Gasteiger partial charge >= 0.3 is 0 Å². The number of anilines is 2. The van der Waals surface area contributed by atoms with Gasteiger partial charge in [0.2, 0.25) is 0 Å². The Hall–Kier alpha value is -2.57. The molecule has 0 atom stereocenters. The van der Waals surface area contributed by atoms with Crippen LogP contribution in [0.2, 0.25) is 0 Å². The van der Waals surface area contributed by atoms with Crippen LogP contribution >= 0.6 is 0 Å². The second-order valence-corrected chi connectivity index (χ2v) is 4.72. The van der Waals surface area contributed by atoms with Crippen molar-refractivity contribution in [3.8, 4) is 0 Å². The third-order valence-electron chi connectivity index (χ3n) is 2.71. The van der Waals surface area contributed by atoms with Gasteiger partial charge in [0.25, 0.3) is 5.91 Å². The summed E-state index contributed by atoms with van der Waals surface area (Å²) in [6.07, 6.45) is 6.18. The number of amides is 1. The van der Waals surface area contributed by atoms with Crippen LogP contribution in [0.25, 0.3) is 0 Å². The highest BCUT2D eigenvalue weighted by Gasteiger charge is 2.17. The van der Waals surface area contributed by atoms with Gasteiger partial charge in [0, 0.05) is 24.9 Å². The lowest BCUT2D eigenvalue weighted by molar-refractivity contribution is 0.102. The van der Waals surface area contributed by atoms with E-state index in [9.17, 15) is 4.79 Å². The molecule has 0 fully saturated rings. The molecule has 2 aromatic rings. The van der Waals surface area contributed by atoms with Crippen molar-refractivity contribution in [2.45, 2.75) is 26.7 Å². The molecule has 0 unspecified atom stereocenters. The normalized spacial score (nSPS) is 10.5. The van der Waals surface area contributed by atoms with E-state index in [-0.39, 0.29) is 11.8 Å². The topological polar surface area (TPSA) is 92.7 Å². The van der Waals surface area contributed by atoms with Gasteiger partial charge in [0.15, 0.2) is 11.5 Å². The zero-order chi connectivity index (χ0) is 15.2. The van der Waals surface area contributed by atoms with E-state index in [0.29, 0.717) is 29.6 Å². The molecule has 110 valence electrons. The number of carbonyl (C=O) groups excluding carboxylic acids is 1. The largest absolute Gasteiger partial charge is 0.382 e. The molecule has 0 spiro atoms. The summed E-state index contributed by atoms with van der Waals surface area (Å²) in [7, 11) is 0. The van der Waals surface area contributed by atoms with E-state index in [4.69, 9.17) is 0 Å². The molecular weight excluding hydrogens is 268 g/mol. The van der Waals surface area contributed by atoms with Crippen LogP contribution in [-0.2, 0) is 0 Å². The quantitative estimate of drug-likeness (QED) is 0.874. The minimum absolute atomic E-state index is 0.142. The highest BCUT2D eigenvalue weighted by molar-refractivity contribution is 6.05. The van der Waals surface area contributed by atoms with Gasteiger partial charge < -0.3 is 10.6 Å². The predicted octanol–water partition coefficient (Wildman–Crippen LogP) is 2.07. The zero-order valence-electron chi connectivity index (χ0n) is 12.3. The lowest BCUT2D eigenvalue weighted by Crippen LogP contribution is -2.19. The Morgan fingerprint density at radius 3 is 2.67 bits per heavy atom. The number of aromatic nitrogens is 4. The summed E-state index contributed by atoms with van der Waals surface area (Å²) in [6, 6.07) is 0. The molecule has 0 radical (unpaired) electrons. The van der Waals surface area contributed by atoms with Crippen LogP contribution in [0.15, 0.2) is 24.8 Å². The predicted molar refractivity (Wildman–Crippen MR) is 80.3 cm³/mol.